The average molecular weight is 339 g/mol. The Morgan fingerprint density at radius 3 is 2.68 bits per heavy atom. The van der Waals surface area contributed by atoms with Gasteiger partial charge in [-0.05, 0) is 18.1 Å². The molecule has 0 unspecified atom stereocenters. The first kappa shape index (κ1) is 15.8. The second kappa shape index (κ2) is 6.29. The first-order chi connectivity index (χ1) is 12.2. The van der Waals surface area contributed by atoms with Crippen molar-refractivity contribution in [2.75, 3.05) is 11.4 Å². The number of aromatic nitrogens is 6. The summed E-state index contributed by atoms with van der Waals surface area (Å²) in [5.41, 5.74) is 2.79. The fraction of sp³-hybridized carbons (Fsp3) is 0.412. The highest BCUT2D eigenvalue weighted by Gasteiger charge is 2.24. The molecule has 3 aromatic rings. The summed E-state index contributed by atoms with van der Waals surface area (Å²) >= 11 is 0. The maximum Gasteiger partial charge on any atom is 0.225 e. The molecule has 0 fully saturated rings. The maximum atomic E-state index is 10.6. The van der Waals surface area contributed by atoms with Crippen LogP contribution in [0.3, 0.4) is 0 Å². The smallest absolute Gasteiger partial charge is 0.225 e. The van der Waals surface area contributed by atoms with Crippen molar-refractivity contribution >= 4 is 5.95 Å². The van der Waals surface area contributed by atoms with E-state index in [4.69, 9.17) is 0 Å². The predicted molar refractivity (Wildman–Crippen MR) is 92.0 cm³/mol. The summed E-state index contributed by atoms with van der Waals surface area (Å²) in [5.74, 6) is 1.32. The highest BCUT2D eigenvalue weighted by molar-refractivity contribution is 5.33. The summed E-state index contributed by atoms with van der Waals surface area (Å²) < 4.78 is 3.75. The van der Waals surface area contributed by atoms with Gasteiger partial charge in [-0.3, -0.25) is 4.68 Å². The van der Waals surface area contributed by atoms with E-state index in [1.54, 1.807) is 10.8 Å². The van der Waals surface area contributed by atoms with Gasteiger partial charge in [0.1, 0.15) is 5.82 Å². The molecule has 4 heterocycles. The fourth-order valence-corrected chi connectivity index (χ4v) is 3.06. The Morgan fingerprint density at radius 2 is 2.00 bits per heavy atom. The Morgan fingerprint density at radius 1 is 1.20 bits per heavy atom. The standard InChI is InChI=1S/C17H21N7O/c1-3-12-9-19-17(20-10-12)23-6-7-24-13(11-23)8-14(21-24)15(25)16-18-4-5-22(16)2/h4-5,8-10,15,25H,3,6-7,11H2,1-2H3/t15-/m1/s1. The molecule has 0 bridgehead atoms. The van der Waals surface area contributed by atoms with Crippen molar-refractivity contribution in [3.05, 3.63) is 53.6 Å². The third-order valence-electron chi connectivity index (χ3n) is 4.58. The van der Waals surface area contributed by atoms with E-state index in [9.17, 15) is 5.11 Å². The lowest BCUT2D eigenvalue weighted by atomic mass is 10.2. The topological polar surface area (TPSA) is 84.9 Å². The van der Waals surface area contributed by atoms with Crippen molar-refractivity contribution in [1.82, 2.24) is 29.3 Å². The summed E-state index contributed by atoms with van der Waals surface area (Å²) in [6.07, 6.45) is 7.35. The van der Waals surface area contributed by atoms with E-state index in [2.05, 4.69) is 31.9 Å². The molecule has 25 heavy (non-hydrogen) atoms. The van der Waals surface area contributed by atoms with E-state index in [0.29, 0.717) is 18.1 Å². The zero-order chi connectivity index (χ0) is 17.4. The number of hydrogen-bond acceptors (Lipinski definition) is 6. The van der Waals surface area contributed by atoms with E-state index in [-0.39, 0.29) is 0 Å². The van der Waals surface area contributed by atoms with Gasteiger partial charge in [0.2, 0.25) is 5.95 Å². The molecule has 0 aliphatic carbocycles. The molecule has 0 radical (unpaired) electrons. The monoisotopic (exact) mass is 339 g/mol. The fourth-order valence-electron chi connectivity index (χ4n) is 3.06. The van der Waals surface area contributed by atoms with Gasteiger partial charge in [0.15, 0.2) is 6.10 Å². The molecule has 8 nitrogen and oxygen atoms in total. The van der Waals surface area contributed by atoms with Crippen LogP contribution >= 0.6 is 0 Å². The minimum Gasteiger partial charge on any atom is -0.379 e. The van der Waals surface area contributed by atoms with E-state index in [1.165, 1.54) is 0 Å². The van der Waals surface area contributed by atoms with Crippen molar-refractivity contribution in [3.63, 3.8) is 0 Å². The van der Waals surface area contributed by atoms with Crippen LogP contribution in [0.2, 0.25) is 0 Å². The molecule has 1 N–H and O–H groups in total. The van der Waals surface area contributed by atoms with Gasteiger partial charge in [-0.15, -0.1) is 0 Å². The maximum absolute atomic E-state index is 10.6. The molecule has 8 heteroatoms. The lowest BCUT2D eigenvalue weighted by Gasteiger charge is -2.27. The highest BCUT2D eigenvalue weighted by atomic mass is 16.3. The van der Waals surface area contributed by atoms with E-state index < -0.39 is 6.10 Å². The number of aryl methyl sites for hydroxylation is 2. The molecule has 3 aromatic heterocycles. The summed E-state index contributed by atoms with van der Waals surface area (Å²) in [7, 11) is 1.86. The van der Waals surface area contributed by atoms with Crippen molar-refractivity contribution in [3.8, 4) is 0 Å². The number of aliphatic hydroxyl groups is 1. The van der Waals surface area contributed by atoms with Gasteiger partial charge in [-0.1, -0.05) is 6.92 Å². The molecule has 0 spiro atoms. The third-order valence-corrected chi connectivity index (χ3v) is 4.58. The second-order valence-electron chi connectivity index (χ2n) is 6.25. The number of fused-ring (bicyclic) bond motifs is 1. The van der Waals surface area contributed by atoms with Gasteiger partial charge in [-0.2, -0.15) is 5.10 Å². The Labute approximate surface area is 145 Å². The van der Waals surface area contributed by atoms with Gasteiger partial charge in [0.05, 0.1) is 24.5 Å². The lowest BCUT2D eigenvalue weighted by Crippen LogP contribution is -2.34. The highest BCUT2D eigenvalue weighted by Crippen LogP contribution is 2.23. The number of hydrogen-bond donors (Lipinski definition) is 1. The van der Waals surface area contributed by atoms with Crippen LogP contribution in [0.5, 0.6) is 0 Å². The second-order valence-corrected chi connectivity index (χ2v) is 6.25. The van der Waals surface area contributed by atoms with Crippen LogP contribution in [0, 0.1) is 0 Å². The molecular weight excluding hydrogens is 318 g/mol. The number of nitrogens with zero attached hydrogens (tertiary/aromatic N) is 7. The number of anilines is 1. The SMILES string of the molecule is CCc1cnc(N2CCn3nc([C@@H](O)c4nccn4C)cc3C2)nc1. The van der Waals surface area contributed by atoms with Crippen LogP contribution in [0.15, 0.2) is 30.9 Å². The van der Waals surface area contributed by atoms with Crippen LogP contribution in [-0.4, -0.2) is 41.0 Å². The minimum absolute atomic E-state index is 0.589. The van der Waals surface area contributed by atoms with E-state index in [1.807, 2.05) is 36.4 Å². The quantitative estimate of drug-likeness (QED) is 0.765. The van der Waals surface area contributed by atoms with Crippen molar-refractivity contribution in [2.24, 2.45) is 7.05 Å². The van der Waals surface area contributed by atoms with Crippen LogP contribution in [-0.2, 0) is 26.6 Å². The van der Waals surface area contributed by atoms with Gasteiger partial charge in [0, 0.05) is 38.4 Å². The Balaban J connectivity index is 1.55. The zero-order valence-electron chi connectivity index (χ0n) is 14.4. The lowest BCUT2D eigenvalue weighted by molar-refractivity contribution is 0.200. The Hall–Kier alpha value is -2.74. The normalized spacial score (nSPS) is 15.2. The molecule has 0 amide bonds. The van der Waals surface area contributed by atoms with Crippen LogP contribution < -0.4 is 4.90 Å². The van der Waals surface area contributed by atoms with Crippen molar-refractivity contribution in [2.45, 2.75) is 32.5 Å². The molecule has 1 atom stereocenters. The van der Waals surface area contributed by atoms with Crippen molar-refractivity contribution in [1.29, 1.82) is 0 Å². The number of rotatable bonds is 4. The van der Waals surface area contributed by atoms with E-state index >= 15 is 0 Å². The average Bonchev–Trinajstić information content (AvgIpc) is 3.26. The van der Waals surface area contributed by atoms with Gasteiger partial charge in [-0.25, -0.2) is 15.0 Å². The van der Waals surface area contributed by atoms with E-state index in [0.717, 1.165) is 36.7 Å². The molecular formula is C17H21N7O. The number of aliphatic hydroxyl groups excluding tert-OH is 1. The molecule has 0 aromatic carbocycles. The predicted octanol–water partition coefficient (Wildman–Crippen LogP) is 1.07. The van der Waals surface area contributed by atoms with Crippen LogP contribution in [0.25, 0.3) is 0 Å². The van der Waals surface area contributed by atoms with Crippen molar-refractivity contribution < 1.29 is 5.11 Å². The summed E-state index contributed by atoms with van der Waals surface area (Å²) in [6, 6.07) is 1.94. The molecule has 0 saturated heterocycles. The molecule has 1 aliphatic heterocycles. The zero-order valence-corrected chi connectivity index (χ0v) is 14.4. The Kier molecular flexibility index (Phi) is 3.96. The van der Waals surface area contributed by atoms with Gasteiger partial charge >= 0.3 is 0 Å². The van der Waals surface area contributed by atoms with Crippen LogP contribution in [0.4, 0.5) is 5.95 Å². The van der Waals surface area contributed by atoms with Gasteiger partial charge in [0.25, 0.3) is 0 Å². The summed E-state index contributed by atoms with van der Waals surface area (Å²) in [6.45, 7) is 4.29. The summed E-state index contributed by atoms with van der Waals surface area (Å²) in [5, 5.41) is 15.1. The molecule has 4 rings (SSSR count). The molecule has 0 saturated carbocycles. The largest absolute Gasteiger partial charge is 0.379 e. The first-order valence-corrected chi connectivity index (χ1v) is 8.43. The first-order valence-electron chi connectivity index (χ1n) is 8.43. The third kappa shape index (κ3) is 2.89. The molecule has 130 valence electrons. The number of imidazole rings is 1. The van der Waals surface area contributed by atoms with Gasteiger partial charge < -0.3 is 14.6 Å². The Bertz CT molecular complexity index is 868. The minimum atomic E-state index is -0.827. The molecule has 1 aliphatic rings. The van der Waals surface area contributed by atoms with Crippen LogP contribution in [0.1, 0.15) is 35.8 Å². The summed E-state index contributed by atoms with van der Waals surface area (Å²) in [4.78, 5) is 15.3.